The molecule has 1 N–H and O–H groups in total. The highest BCUT2D eigenvalue weighted by atomic mass is 35.5. The molecule has 22 heavy (non-hydrogen) atoms. The Morgan fingerprint density at radius 1 is 1.32 bits per heavy atom. The summed E-state index contributed by atoms with van der Waals surface area (Å²) in [5, 5.41) is 3.30. The largest absolute Gasteiger partial charge is 0.493 e. The van der Waals surface area contributed by atoms with E-state index in [9.17, 15) is 4.79 Å². The molecule has 0 radical (unpaired) electrons. The van der Waals surface area contributed by atoms with Crippen molar-refractivity contribution in [1.82, 2.24) is 10.2 Å². The number of rotatable bonds is 5. The van der Waals surface area contributed by atoms with Crippen molar-refractivity contribution in [3.8, 4) is 11.5 Å². The van der Waals surface area contributed by atoms with Crippen molar-refractivity contribution in [3.05, 3.63) is 23.8 Å². The second-order valence-corrected chi connectivity index (χ2v) is 5.33. The van der Waals surface area contributed by atoms with E-state index >= 15 is 0 Å². The van der Waals surface area contributed by atoms with Crippen molar-refractivity contribution in [2.24, 2.45) is 0 Å². The fourth-order valence-corrected chi connectivity index (χ4v) is 2.64. The third kappa shape index (κ3) is 4.52. The van der Waals surface area contributed by atoms with Crippen LogP contribution < -0.4 is 14.8 Å². The number of hydrogen-bond donors (Lipinski definition) is 1. The Morgan fingerprint density at radius 3 is 2.68 bits per heavy atom. The second kappa shape index (κ2) is 8.86. The summed E-state index contributed by atoms with van der Waals surface area (Å²) >= 11 is 0. The zero-order valence-corrected chi connectivity index (χ0v) is 14.2. The predicted octanol–water partition coefficient (Wildman–Crippen LogP) is 1.88. The molecular weight excluding hydrogens is 304 g/mol. The van der Waals surface area contributed by atoms with E-state index in [0.717, 1.165) is 31.6 Å². The molecule has 1 aliphatic heterocycles. The van der Waals surface area contributed by atoms with Gasteiger partial charge in [-0.15, -0.1) is 12.4 Å². The predicted molar refractivity (Wildman–Crippen MR) is 89.2 cm³/mol. The number of ether oxygens (including phenoxy) is 2. The average Bonchev–Trinajstić information content (AvgIpc) is 2.52. The molecule has 1 amide bonds. The molecule has 1 fully saturated rings. The lowest BCUT2D eigenvalue weighted by atomic mass is 10.1. The summed E-state index contributed by atoms with van der Waals surface area (Å²) in [7, 11) is 3.24. The van der Waals surface area contributed by atoms with Crippen molar-refractivity contribution >= 4 is 18.3 Å². The number of amides is 1. The van der Waals surface area contributed by atoms with Gasteiger partial charge in [-0.2, -0.15) is 0 Å². The Balaban J connectivity index is 0.00000242. The smallest absolute Gasteiger partial charge is 0.223 e. The molecule has 1 heterocycles. The first-order valence-corrected chi connectivity index (χ1v) is 7.36. The van der Waals surface area contributed by atoms with Crippen molar-refractivity contribution < 1.29 is 14.3 Å². The maximum atomic E-state index is 12.3. The summed E-state index contributed by atoms with van der Waals surface area (Å²) in [5.41, 5.74) is 1.09. The van der Waals surface area contributed by atoms with Gasteiger partial charge in [-0.3, -0.25) is 4.79 Å². The van der Waals surface area contributed by atoms with Gasteiger partial charge in [-0.05, 0) is 31.0 Å². The van der Waals surface area contributed by atoms with Crippen LogP contribution in [0.3, 0.4) is 0 Å². The zero-order valence-electron chi connectivity index (χ0n) is 13.4. The first kappa shape index (κ1) is 18.6. The molecule has 1 aromatic carbocycles. The normalized spacial score (nSPS) is 17.6. The maximum absolute atomic E-state index is 12.3. The van der Waals surface area contributed by atoms with Gasteiger partial charge in [0.1, 0.15) is 0 Å². The Morgan fingerprint density at radius 2 is 2.05 bits per heavy atom. The van der Waals surface area contributed by atoms with E-state index in [4.69, 9.17) is 9.47 Å². The number of nitrogens with one attached hydrogen (secondary N) is 1. The molecule has 1 aromatic rings. The first-order chi connectivity index (χ1) is 10.2. The van der Waals surface area contributed by atoms with Crippen LogP contribution in [-0.2, 0) is 11.2 Å². The Hall–Kier alpha value is -1.46. The van der Waals surface area contributed by atoms with Gasteiger partial charge >= 0.3 is 0 Å². The second-order valence-electron chi connectivity index (χ2n) is 5.33. The molecule has 0 aromatic heterocycles. The van der Waals surface area contributed by atoms with Gasteiger partial charge in [-0.25, -0.2) is 0 Å². The van der Waals surface area contributed by atoms with Crippen LogP contribution >= 0.6 is 12.4 Å². The van der Waals surface area contributed by atoms with Crippen LogP contribution in [0.1, 0.15) is 18.9 Å². The Bertz CT molecular complexity index is 496. The maximum Gasteiger partial charge on any atom is 0.223 e. The van der Waals surface area contributed by atoms with Crippen LogP contribution in [0.25, 0.3) is 0 Å². The monoisotopic (exact) mass is 328 g/mol. The van der Waals surface area contributed by atoms with Gasteiger partial charge in [0.15, 0.2) is 11.5 Å². The van der Waals surface area contributed by atoms with Crippen LogP contribution in [0.4, 0.5) is 0 Å². The third-order valence-corrected chi connectivity index (χ3v) is 3.90. The highest BCUT2D eigenvalue weighted by Gasteiger charge is 2.22. The van der Waals surface area contributed by atoms with Gasteiger partial charge in [0.2, 0.25) is 5.91 Å². The van der Waals surface area contributed by atoms with Gasteiger partial charge in [0.05, 0.1) is 14.2 Å². The molecule has 1 aliphatic rings. The van der Waals surface area contributed by atoms with E-state index in [2.05, 4.69) is 12.2 Å². The summed E-state index contributed by atoms with van der Waals surface area (Å²) in [6, 6.07) is 6.08. The lowest BCUT2D eigenvalue weighted by Crippen LogP contribution is -2.52. The van der Waals surface area contributed by atoms with E-state index < -0.39 is 0 Å². The van der Waals surface area contributed by atoms with Crippen molar-refractivity contribution in [3.63, 3.8) is 0 Å². The van der Waals surface area contributed by atoms with Gasteiger partial charge in [0.25, 0.3) is 0 Å². The number of nitrogens with zero attached hydrogens (tertiary/aromatic N) is 1. The van der Waals surface area contributed by atoms with E-state index in [0.29, 0.717) is 17.9 Å². The summed E-state index contributed by atoms with van der Waals surface area (Å²) in [5.74, 6) is 1.64. The molecule has 124 valence electrons. The summed E-state index contributed by atoms with van der Waals surface area (Å²) in [6.45, 7) is 4.64. The van der Waals surface area contributed by atoms with E-state index in [1.54, 1.807) is 14.2 Å². The molecule has 1 atom stereocenters. The van der Waals surface area contributed by atoms with Crippen LogP contribution in [-0.4, -0.2) is 50.7 Å². The molecule has 0 bridgehead atoms. The molecule has 0 saturated carbocycles. The Kier molecular flexibility index (Phi) is 7.48. The Labute approximate surface area is 138 Å². The molecule has 0 unspecified atom stereocenters. The van der Waals surface area contributed by atoms with Crippen LogP contribution in [0.2, 0.25) is 0 Å². The van der Waals surface area contributed by atoms with Gasteiger partial charge in [-0.1, -0.05) is 6.07 Å². The zero-order chi connectivity index (χ0) is 15.2. The quantitative estimate of drug-likeness (QED) is 0.896. The summed E-state index contributed by atoms with van der Waals surface area (Å²) in [4.78, 5) is 14.3. The average molecular weight is 329 g/mol. The molecule has 6 heteroatoms. The van der Waals surface area contributed by atoms with E-state index in [-0.39, 0.29) is 24.4 Å². The van der Waals surface area contributed by atoms with Gasteiger partial charge in [0, 0.05) is 32.1 Å². The van der Waals surface area contributed by atoms with Crippen molar-refractivity contribution in [2.75, 3.05) is 33.9 Å². The fourth-order valence-electron chi connectivity index (χ4n) is 2.64. The standard InChI is InChI=1S/C16H24N2O3.ClH/c1-12-11-17-8-9-18(12)16(19)7-5-13-4-6-14(20-2)15(10-13)21-3;/h4,6,10,12,17H,5,7-9,11H2,1-3H3;1H/t12-;/m0./s1. The highest BCUT2D eigenvalue weighted by Crippen LogP contribution is 2.28. The summed E-state index contributed by atoms with van der Waals surface area (Å²) in [6.07, 6.45) is 1.25. The van der Waals surface area contributed by atoms with Crippen LogP contribution in [0.15, 0.2) is 18.2 Å². The summed E-state index contributed by atoms with van der Waals surface area (Å²) < 4.78 is 10.5. The minimum absolute atomic E-state index is 0. The fraction of sp³-hybridized carbons (Fsp3) is 0.562. The van der Waals surface area contributed by atoms with E-state index in [1.165, 1.54) is 0 Å². The van der Waals surface area contributed by atoms with Crippen molar-refractivity contribution in [1.29, 1.82) is 0 Å². The van der Waals surface area contributed by atoms with Crippen LogP contribution in [0.5, 0.6) is 11.5 Å². The molecule has 0 spiro atoms. The lowest BCUT2D eigenvalue weighted by molar-refractivity contribution is -0.133. The number of carbonyl (C=O) groups excluding carboxylic acids is 1. The number of aryl methyl sites for hydroxylation is 1. The lowest BCUT2D eigenvalue weighted by Gasteiger charge is -2.34. The number of benzene rings is 1. The SMILES string of the molecule is COc1ccc(CCC(=O)N2CCNC[C@@H]2C)cc1OC.Cl. The van der Waals surface area contributed by atoms with E-state index in [1.807, 2.05) is 23.1 Å². The molecule has 2 rings (SSSR count). The highest BCUT2D eigenvalue weighted by molar-refractivity contribution is 5.85. The molecular formula is C16H25ClN2O3. The topological polar surface area (TPSA) is 50.8 Å². The molecule has 1 saturated heterocycles. The number of hydrogen-bond acceptors (Lipinski definition) is 4. The number of methoxy groups -OCH3 is 2. The first-order valence-electron chi connectivity index (χ1n) is 7.36. The molecule has 5 nitrogen and oxygen atoms in total. The van der Waals surface area contributed by atoms with Crippen LogP contribution in [0, 0.1) is 0 Å². The number of halogens is 1. The van der Waals surface area contributed by atoms with Gasteiger partial charge < -0.3 is 19.7 Å². The third-order valence-electron chi connectivity index (χ3n) is 3.90. The minimum Gasteiger partial charge on any atom is -0.493 e. The minimum atomic E-state index is 0. The van der Waals surface area contributed by atoms with Crippen molar-refractivity contribution in [2.45, 2.75) is 25.8 Å². The number of piperazine rings is 1. The number of carbonyl (C=O) groups is 1. The molecule has 0 aliphatic carbocycles.